The molecule has 4 aromatic rings. The molecular weight excluding hydrogens is 400 g/mol. The summed E-state index contributed by atoms with van der Waals surface area (Å²) in [6.45, 7) is 4.03. The number of para-hydroxylation sites is 1. The van der Waals surface area contributed by atoms with Gasteiger partial charge in [0.15, 0.2) is 10.9 Å². The zero-order chi connectivity index (χ0) is 20.4. The number of aryl methyl sites for hydroxylation is 1. The maximum absolute atomic E-state index is 12.9. The largest absolute Gasteiger partial charge is 0.318 e. The molecule has 0 fully saturated rings. The van der Waals surface area contributed by atoms with Gasteiger partial charge in [0.1, 0.15) is 5.82 Å². The molecule has 0 atom stereocenters. The smallest absolute Gasteiger partial charge is 0.191 e. The van der Waals surface area contributed by atoms with E-state index in [4.69, 9.17) is 0 Å². The minimum absolute atomic E-state index is 0.105. The van der Waals surface area contributed by atoms with E-state index in [-0.39, 0.29) is 5.78 Å². The first-order valence-corrected chi connectivity index (χ1v) is 11.2. The molecule has 0 bridgehead atoms. The first-order valence-electron chi connectivity index (χ1n) is 9.35. The zero-order valence-corrected chi connectivity index (χ0v) is 18.3. The Morgan fingerprint density at radius 1 is 1.10 bits per heavy atom. The molecule has 3 aromatic heterocycles. The van der Waals surface area contributed by atoms with Crippen molar-refractivity contribution in [2.24, 2.45) is 7.05 Å². The topological polar surface area (TPSA) is 52.7 Å². The van der Waals surface area contributed by atoms with E-state index in [0.29, 0.717) is 5.75 Å². The van der Waals surface area contributed by atoms with Crippen molar-refractivity contribution >= 4 is 28.9 Å². The lowest BCUT2D eigenvalue weighted by Gasteiger charge is -2.09. The molecule has 0 saturated heterocycles. The van der Waals surface area contributed by atoms with Crippen LogP contribution in [0.4, 0.5) is 0 Å². The van der Waals surface area contributed by atoms with Crippen molar-refractivity contribution in [1.82, 2.24) is 19.3 Å². The third-order valence-electron chi connectivity index (χ3n) is 4.92. The van der Waals surface area contributed by atoms with Crippen molar-refractivity contribution in [3.8, 4) is 5.69 Å². The number of benzene rings is 1. The molecule has 0 N–H and O–H groups in total. The predicted octanol–water partition coefficient (Wildman–Crippen LogP) is 4.85. The number of Topliss-reactive ketones (excluding diaryl/α,β-unsaturated/α-hetero) is 1. The number of ketones is 1. The monoisotopic (exact) mass is 422 g/mol. The van der Waals surface area contributed by atoms with Crippen LogP contribution in [-0.4, -0.2) is 30.9 Å². The average molecular weight is 423 g/mol. The summed E-state index contributed by atoms with van der Waals surface area (Å²) in [5.41, 5.74) is 3.86. The van der Waals surface area contributed by atoms with Crippen molar-refractivity contribution in [1.29, 1.82) is 0 Å². The maximum atomic E-state index is 12.9. The van der Waals surface area contributed by atoms with E-state index in [1.165, 1.54) is 16.6 Å². The van der Waals surface area contributed by atoms with Crippen LogP contribution in [0, 0.1) is 13.8 Å². The zero-order valence-electron chi connectivity index (χ0n) is 16.6. The minimum Gasteiger partial charge on any atom is -0.318 e. The van der Waals surface area contributed by atoms with Crippen LogP contribution in [0.25, 0.3) is 5.69 Å². The molecular formula is C22H22N4OS2. The summed E-state index contributed by atoms with van der Waals surface area (Å²) in [4.78, 5) is 14.2. The predicted molar refractivity (Wildman–Crippen MR) is 118 cm³/mol. The maximum Gasteiger partial charge on any atom is 0.191 e. The van der Waals surface area contributed by atoms with Crippen molar-refractivity contribution in [2.45, 2.75) is 25.4 Å². The van der Waals surface area contributed by atoms with Gasteiger partial charge in [-0.25, -0.2) is 0 Å². The number of nitrogens with zero attached hydrogens (tertiary/aromatic N) is 4. The second kappa shape index (κ2) is 8.39. The van der Waals surface area contributed by atoms with Gasteiger partial charge in [0.05, 0.1) is 5.75 Å². The Morgan fingerprint density at radius 3 is 2.62 bits per heavy atom. The quantitative estimate of drug-likeness (QED) is 0.316. The van der Waals surface area contributed by atoms with Crippen molar-refractivity contribution in [3.05, 3.63) is 81.6 Å². The number of carbonyl (C=O) groups excluding carboxylic acids is 1. The molecule has 148 valence electrons. The lowest BCUT2D eigenvalue weighted by molar-refractivity contribution is 0.102. The van der Waals surface area contributed by atoms with Gasteiger partial charge in [-0.15, -0.1) is 21.5 Å². The number of hydrogen-bond donors (Lipinski definition) is 0. The highest BCUT2D eigenvalue weighted by Gasteiger charge is 2.18. The fraction of sp³-hybridized carbons (Fsp3) is 0.227. The van der Waals surface area contributed by atoms with Crippen LogP contribution in [0.5, 0.6) is 0 Å². The number of thiophene rings is 1. The molecule has 0 aliphatic rings. The van der Waals surface area contributed by atoms with Crippen LogP contribution in [0.2, 0.25) is 0 Å². The Hall–Kier alpha value is -2.64. The highest BCUT2D eigenvalue weighted by Crippen LogP contribution is 2.24. The van der Waals surface area contributed by atoms with Gasteiger partial charge >= 0.3 is 0 Å². The molecule has 0 saturated carbocycles. The molecule has 0 spiro atoms. The van der Waals surface area contributed by atoms with Crippen LogP contribution in [0.1, 0.15) is 32.4 Å². The van der Waals surface area contributed by atoms with Crippen LogP contribution in [0.15, 0.2) is 59.1 Å². The molecule has 0 amide bonds. The van der Waals surface area contributed by atoms with Gasteiger partial charge < -0.3 is 9.13 Å². The van der Waals surface area contributed by atoms with Crippen LogP contribution < -0.4 is 0 Å². The van der Waals surface area contributed by atoms with E-state index in [0.717, 1.165) is 40.0 Å². The van der Waals surface area contributed by atoms with Crippen molar-refractivity contribution in [3.63, 3.8) is 0 Å². The normalized spacial score (nSPS) is 11.1. The number of rotatable bonds is 7. The fourth-order valence-electron chi connectivity index (χ4n) is 3.42. The second-order valence-corrected chi connectivity index (χ2v) is 8.86. The molecule has 0 aliphatic carbocycles. The van der Waals surface area contributed by atoms with E-state index in [2.05, 4.69) is 38.3 Å². The van der Waals surface area contributed by atoms with Gasteiger partial charge in [-0.1, -0.05) is 36.0 Å². The molecule has 7 heteroatoms. The Balaban J connectivity index is 1.48. The first-order chi connectivity index (χ1) is 14.0. The fourth-order valence-corrected chi connectivity index (χ4v) is 4.94. The van der Waals surface area contributed by atoms with Gasteiger partial charge in [-0.3, -0.25) is 4.79 Å². The Bertz CT molecular complexity index is 1130. The van der Waals surface area contributed by atoms with E-state index in [1.54, 1.807) is 11.3 Å². The highest BCUT2D eigenvalue weighted by molar-refractivity contribution is 7.99. The number of hydrogen-bond acceptors (Lipinski definition) is 5. The first kappa shape index (κ1) is 19.7. The van der Waals surface area contributed by atoms with Crippen molar-refractivity contribution < 1.29 is 4.79 Å². The molecule has 4 rings (SSSR count). The molecule has 0 aliphatic heterocycles. The third-order valence-corrected chi connectivity index (χ3v) is 6.81. The summed E-state index contributed by atoms with van der Waals surface area (Å²) in [6, 6.07) is 16.2. The molecule has 0 unspecified atom stereocenters. The molecule has 5 nitrogen and oxygen atoms in total. The highest BCUT2D eigenvalue weighted by atomic mass is 32.2. The lowest BCUT2D eigenvalue weighted by atomic mass is 10.2. The Labute approximate surface area is 178 Å². The van der Waals surface area contributed by atoms with E-state index in [1.807, 2.05) is 55.8 Å². The summed E-state index contributed by atoms with van der Waals surface area (Å²) in [6.07, 6.45) is 0.758. The van der Waals surface area contributed by atoms with E-state index >= 15 is 0 Å². The third kappa shape index (κ3) is 4.06. The SMILES string of the molecule is Cc1cc(C(=O)CSc2nnc(Cc3cccs3)n2C)c(C)n1-c1ccccc1. The number of carbonyl (C=O) groups is 1. The van der Waals surface area contributed by atoms with Gasteiger partial charge in [0.2, 0.25) is 0 Å². The summed E-state index contributed by atoms with van der Waals surface area (Å²) >= 11 is 3.15. The summed E-state index contributed by atoms with van der Waals surface area (Å²) in [7, 11) is 1.96. The molecule has 29 heavy (non-hydrogen) atoms. The van der Waals surface area contributed by atoms with Crippen molar-refractivity contribution in [2.75, 3.05) is 5.75 Å². The van der Waals surface area contributed by atoms with Gasteiger partial charge in [-0.2, -0.15) is 0 Å². The number of aromatic nitrogens is 4. The lowest BCUT2D eigenvalue weighted by Crippen LogP contribution is -2.07. The van der Waals surface area contributed by atoms with Crippen LogP contribution in [-0.2, 0) is 13.5 Å². The second-order valence-electron chi connectivity index (χ2n) is 6.88. The summed E-state index contributed by atoms with van der Waals surface area (Å²) in [5.74, 6) is 1.35. The average Bonchev–Trinajstić information content (AvgIpc) is 3.42. The van der Waals surface area contributed by atoms with Crippen LogP contribution in [0.3, 0.4) is 0 Å². The van der Waals surface area contributed by atoms with Gasteiger partial charge in [0, 0.05) is 41.0 Å². The molecule has 0 radical (unpaired) electrons. The van der Waals surface area contributed by atoms with Crippen LogP contribution >= 0.6 is 23.1 Å². The minimum atomic E-state index is 0.105. The molecule has 3 heterocycles. The van der Waals surface area contributed by atoms with Gasteiger partial charge in [-0.05, 0) is 43.5 Å². The summed E-state index contributed by atoms with van der Waals surface area (Å²) in [5, 5.41) is 11.4. The standard InChI is InChI=1S/C22H22N4OS2/c1-15-12-19(16(2)26(15)17-8-5-4-6-9-17)20(27)14-29-22-24-23-21(25(22)3)13-18-10-7-11-28-18/h4-12H,13-14H2,1-3H3. The summed E-state index contributed by atoms with van der Waals surface area (Å²) < 4.78 is 4.10. The van der Waals surface area contributed by atoms with E-state index in [9.17, 15) is 4.79 Å². The van der Waals surface area contributed by atoms with Gasteiger partial charge in [0.25, 0.3) is 0 Å². The Morgan fingerprint density at radius 2 is 1.90 bits per heavy atom. The Kier molecular flexibility index (Phi) is 5.69. The van der Waals surface area contributed by atoms with E-state index < -0.39 is 0 Å². The number of thioether (sulfide) groups is 1. The molecule has 1 aromatic carbocycles.